The molecule has 19 heavy (non-hydrogen) atoms. The molecule has 104 valence electrons. The second-order valence-electron chi connectivity index (χ2n) is 6.05. The first kappa shape index (κ1) is 14.3. The maximum atomic E-state index is 12.4. The van der Waals surface area contributed by atoms with Gasteiger partial charge in [-0.25, -0.2) is 0 Å². The average Bonchev–Trinajstić information content (AvgIpc) is 2.82. The summed E-state index contributed by atoms with van der Waals surface area (Å²) in [6.45, 7) is 9.13. The van der Waals surface area contributed by atoms with Gasteiger partial charge in [0.2, 0.25) is 5.78 Å². The Kier molecular flexibility index (Phi) is 3.85. The summed E-state index contributed by atoms with van der Waals surface area (Å²) >= 11 is 0. The molecule has 0 amide bonds. The molecule has 0 saturated carbocycles. The Labute approximate surface area is 115 Å². The third-order valence-electron chi connectivity index (χ3n) is 3.42. The summed E-state index contributed by atoms with van der Waals surface area (Å²) in [4.78, 5) is 12.4. The number of unbranched alkanes of at least 4 members (excludes halogenated alkanes) is 2. The average molecular weight is 262 g/mol. The van der Waals surface area contributed by atoms with Crippen molar-refractivity contribution in [3.05, 3.63) is 11.1 Å². The molecule has 0 aromatic rings. The molecule has 0 unspecified atom stereocenters. The quantitative estimate of drug-likeness (QED) is 0.567. The second-order valence-corrected chi connectivity index (χ2v) is 6.05. The lowest BCUT2D eigenvalue weighted by atomic mass is 9.68. The fraction of sp³-hybridized carbons (Fsp3) is 0.688. The molecular formula is C16H22O3. The molecule has 2 aliphatic rings. The second kappa shape index (κ2) is 5.11. The Morgan fingerprint density at radius 3 is 2.42 bits per heavy atom. The van der Waals surface area contributed by atoms with E-state index >= 15 is 0 Å². The van der Waals surface area contributed by atoms with Crippen molar-refractivity contribution in [1.82, 2.24) is 0 Å². The zero-order valence-electron chi connectivity index (χ0n) is 12.3. The number of Topliss-reactive ketones (excluding diaryl/α,β-unsaturated/α-hetero) is 1. The molecule has 1 heterocycles. The molecule has 0 atom stereocenters. The third-order valence-corrected chi connectivity index (χ3v) is 3.42. The van der Waals surface area contributed by atoms with Crippen LogP contribution in [0.2, 0.25) is 0 Å². The summed E-state index contributed by atoms with van der Waals surface area (Å²) in [7, 11) is 0. The molecule has 3 heteroatoms. The van der Waals surface area contributed by atoms with E-state index in [2.05, 4.69) is 18.8 Å². The van der Waals surface area contributed by atoms with Crippen LogP contribution >= 0.6 is 0 Å². The van der Waals surface area contributed by atoms with Crippen molar-refractivity contribution in [3.63, 3.8) is 0 Å². The van der Waals surface area contributed by atoms with Crippen molar-refractivity contribution in [2.75, 3.05) is 13.2 Å². The van der Waals surface area contributed by atoms with Crippen LogP contribution in [0.4, 0.5) is 0 Å². The molecule has 0 N–H and O–H groups in total. The molecule has 1 saturated heterocycles. The Hall–Kier alpha value is -1.11. The van der Waals surface area contributed by atoms with Crippen LogP contribution in [0.15, 0.2) is 11.1 Å². The van der Waals surface area contributed by atoms with Gasteiger partial charge in [-0.15, -0.1) is 0 Å². The minimum absolute atomic E-state index is 0.0442. The van der Waals surface area contributed by atoms with E-state index in [1.165, 1.54) is 0 Å². The van der Waals surface area contributed by atoms with Gasteiger partial charge < -0.3 is 9.47 Å². The van der Waals surface area contributed by atoms with E-state index in [-0.39, 0.29) is 11.2 Å². The molecule has 2 rings (SSSR count). The Balaban J connectivity index is 2.32. The van der Waals surface area contributed by atoms with Gasteiger partial charge in [0.25, 0.3) is 5.79 Å². The molecular weight excluding hydrogens is 240 g/mol. The van der Waals surface area contributed by atoms with Crippen LogP contribution in [-0.2, 0) is 14.3 Å². The summed E-state index contributed by atoms with van der Waals surface area (Å²) in [5.41, 5.74) is 1.30. The minimum Gasteiger partial charge on any atom is -0.337 e. The lowest BCUT2D eigenvalue weighted by molar-refractivity contribution is -0.171. The van der Waals surface area contributed by atoms with Crippen LogP contribution in [0.1, 0.15) is 47.0 Å². The van der Waals surface area contributed by atoms with Gasteiger partial charge in [0.15, 0.2) is 0 Å². The summed E-state index contributed by atoms with van der Waals surface area (Å²) in [5.74, 6) is 5.07. The fourth-order valence-electron chi connectivity index (χ4n) is 2.46. The van der Waals surface area contributed by atoms with Crippen molar-refractivity contribution in [1.29, 1.82) is 0 Å². The van der Waals surface area contributed by atoms with Crippen LogP contribution in [0.3, 0.4) is 0 Å². The monoisotopic (exact) mass is 262 g/mol. The van der Waals surface area contributed by atoms with Gasteiger partial charge in [-0.1, -0.05) is 46.0 Å². The van der Waals surface area contributed by atoms with Crippen molar-refractivity contribution in [2.24, 2.45) is 5.41 Å². The van der Waals surface area contributed by atoms with E-state index in [4.69, 9.17) is 9.47 Å². The van der Waals surface area contributed by atoms with Crippen molar-refractivity contribution in [3.8, 4) is 11.8 Å². The highest BCUT2D eigenvalue weighted by Crippen LogP contribution is 2.48. The van der Waals surface area contributed by atoms with Crippen LogP contribution in [0.25, 0.3) is 0 Å². The molecule has 0 aromatic heterocycles. The van der Waals surface area contributed by atoms with Gasteiger partial charge in [0.05, 0.1) is 18.8 Å². The Bertz CT molecular complexity index is 462. The maximum Gasteiger partial charge on any atom is 0.269 e. The molecule has 0 radical (unpaired) electrons. The van der Waals surface area contributed by atoms with Crippen LogP contribution in [0.5, 0.6) is 0 Å². The highest BCUT2D eigenvalue weighted by Gasteiger charge is 2.60. The minimum atomic E-state index is -1.16. The molecule has 1 aliphatic carbocycles. The molecule has 1 spiro atoms. The molecule has 3 nitrogen and oxygen atoms in total. The van der Waals surface area contributed by atoms with Crippen LogP contribution < -0.4 is 0 Å². The largest absolute Gasteiger partial charge is 0.337 e. The molecule has 1 fully saturated rings. The van der Waals surface area contributed by atoms with E-state index in [0.29, 0.717) is 13.2 Å². The Morgan fingerprint density at radius 2 is 1.89 bits per heavy atom. The van der Waals surface area contributed by atoms with Crippen molar-refractivity contribution < 1.29 is 14.3 Å². The van der Waals surface area contributed by atoms with Gasteiger partial charge in [-0.05, 0) is 11.8 Å². The van der Waals surface area contributed by atoms with E-state index < -0.39 is 5.79 Å². The molecule has 1 aliphatic heterocycles. The fourth-order valence-corrected chi connectivity index (χ4v) is 2.46. The van der Waals surface area contributed by atoms with Crippen LogP contribution in [-0.4, -0.2) is 24.8 Å². The number of carbonyl (C=O) groups excluding carboxylic acids is 1. The SMILES string of the molecule is CCCCC#CC1=C(C(C)(C)C)C(=O)C12OCCO2. The lowest BCUT2D eigenvalue weighted by Gasteiger charge is -2.41. The zero-order chi connectivity index (χ0) is 14.1. The smallest absolute Gasteiger partial charge is 0.269 e. The maximum absolute atomic E-state index is 12.4. The predicted octanol–water partition coefficient (Wildman–Crippen LogP) is 2.85. The number of ketones is 1. The van der Waals surface area contributed by atoms with Gasteiger partial charge in [0.1, 0.15) is 0 Å². The van der Waals surface area contributed by atoms with Crippen LogP contribution in [0, 0.1) is 17.3 Å². The Morgan fingerprint density at radius 1 is 1.26 bits per heavy atom. The van der Waals surface area contributed by atoms with Gasteiger partial charge in [-0.3, -0.25) is 4.79 Å². The normalized spacial score (nSPS) is 21.4. The van der Waals surface area contributed by atoms with E-state index in [0.717, 1.165) is 30.4 Å². The summed E-state index contributed by atoms with van der Waals surface area (Å²) in [5, 5.41) is 0. The summed E-state index contributed by atoms with van der Waals surface area (Å²) < 4.78 is 11.1. The topological polar surface area (TPSA) is 35.5 Å². The van der Waals surface area contributed by atoms with Gasteiger partial charge in [-0.2, -0.15) is 0 Å². The predicted molar refractivity (Wildman–Crippen MR) is 73.4 cm³/mol. The number of rotatable bonds is 2. The standard InChI is InChI=1S/C16H22O3/c1-5-6-7-8-9-12-13(15(2,3)4)14(17)16(12)18-10-11-19-16/h5-7,10-11H2,1-4H3. The first-order valence-electron chi connectivity index (χ1n) is 7.00. The first-order valence-corrected chi connectivity index (χ1v) is 7.00. The van der Waals surface area contributed by atoms with E-state index in [1.54, 1.807) is 0 Å². The zero-order valence-corrected chi connectivity index (χ0v) is 12.3. The van der Waals surface area contributed by atoms with Crippen molar-refractivity contribution >= 4 is 5.78 Å². The number of hydrogen-bond acceptors (Lipinski definition) is 3. The number of hydrogen-bond donors (Lipinski definition) is 0. The highest BCUT2D eigenvalue weighted by molar-refractivity contribution is 6.14. The molecule has 0 aromatic carbocycles. The van der Waals surface area contributed by atoms with E-state index in [1.807, 2.05) is 20.8 Å². The highest BCUT2D eigenvalue weighted by atomic mass is 16.7. The first-order chi connectivity index (χ1) is 8.93. The summed E-state index contributed by atoms with van der Waals surface area (Å²) in [6, 6.07) is 0. The van der Waals surface area contributed by atoms with Crippen molar-refractivity contribution in [2.45, 2.75) is 52.7 Å². The molecule has 0 bridgehead atoms. The van der Waals surface area contributed by atoms with E-state index in [9.17, 15) is 4.79 Å². The third kappa shape index (κ3) is 2.35. The number of ether oxygens (including phenoxy) is 2. The van der Waals surface area contributed by atoms with Gasteiger partial charge in [0, 0.05) is 12.0 Å². The lowest BCUT2D eigenvalue weighted by Crippen LogP contribution is -2.54. The summed E-state index contributed by atoms with van der Waals surface area (Å²) in [6.07, 6.45) is 3.05. The van der Waals surface area contributed by atoms with Gasteiger partial charge >= 0.3 is 0 Å². The number of carbonyl (C=O) groups is 1.